The van der Waals surface area contributed by atoms with Gasteiger partial charge in [0.15, 0.2) is 0 Å². The Labute approximate surface area is 124 Å². The molecule has 0 aliphatic rings. The Morgan fingerprint density at radius 1 is 0.889 bits per heavy atom. The second kappa shape index (κ2) is 14.0. The van der Waals surface area contributed by atoms with Crippen LogP contribution in [0.4, 0.5) is 4.70 Å². The molecule has 0 fully saturated rings. The first-order valence-corrected chi connectivity index (χ1v) is 4.90. The second-order valence-electron chi connectivity index (χ2n) is 0.447. The molecule has 0 aliphatic heterocycles. The zero-order valence-electron chi connectivity index (χ0n) is 5.46. The van der Waals surface area contributed by atoms with E-state index in [1.54, 1.807) is 0 Å². The fourth-order valence-corrected chi connectivity index (χ4v) is 0. The number of rotatable bonds is 0. The third-order valence-electron chi connectivity index (χ3n) is 0. The van der Waals surface area contributed by atoms with Crippen LogP contribution in [0.2, 0.25) is 0 Å². The van der Waals surface area contributed by atoms with Gasteiger partial charge in [-0.2, -0.15) is 0 Å². The zero-order valence-corrected chi connectivity index (χ0v) is 14.0. The fourth-order valence-electron chi connectivity index (χ4n) is 0. The predicted octanol–water partition coefficient (Wildman–Crippen LogP) is -12.6. The predicted molar refractivity (Wildman–Crippen MR) is 7.55 cm³/mol. The molecule has 0 aliphatic carbocycles. The fraction of sp³-hybridized carbons (Fsp3) is 0. The molecule has 0 rings (SSSR count). The van der Waals surface area contributed by atoms with Crippen molar-refractivity contribution in [2.75, 3.05) is 0 Å². The average Bonchev–Trinajstić information content (AvgIpc) is 0.722. The molecule has 0 spiro atoms. The van der Waals surface area contributed by atoms with Crippen molar-refractivity contribution in [1.29, 1.82) is 0 Å². The van der Waals surface area contributed by atoms with Gasteiger partial charge in [0.1, 0.15) is 0 Å². The Bertz CT molecular complexity index is 61.9. The van der Waals surface area contributed by atoms with Gasteiger partial charge in [0.05, 0.1) is 0 Å². The molecule has 9 heavy (non-hydrogen) atoms. The van der Waals surface area contributed by atoms with Crippen LogP contribution in [0.3, 0.4) is 0 Å². The summed E-state index contributed by atoms with van der Waals surface area (Å²) in [5.74, 6) is 0. The Hall–Kier alpha value is 3.43. The third kappa shape index (κ3) is 86.4. The van der Waals surface area contributed by atoms with Crippen LogP contribution in [-0.4, -0.2) is 20.1 Å². The Morgan fingerprint density at radius 3 is 0.889 bits per heavy atom. The Morgan fingerprint density at radius 2 is 0.889 bits per heavy atom. The van der Waals surface area contributed by atoms with E-state index in [0.717, 1.165) is 0 Å². The third-order valence-corrected chi connectivity index (χ3v) is 0. The van der Waals surface area contributed by atoms with Gasteiger partial charge in [0, 0.05) is 4.70 Å². The van der Waals surface area contributed by atoms with Crippen LogP contribution in [0, 0.1) is 0 Å². The molecule has 0 saturated carbocycles. The van der Waals surface area contributed by atoms with Gasteiger partial charge in [-0.1, -0.05) is 0 Å². The van der Waals surface area contributed by atoms with E-state index in [-0.39, 0.29) is 93.4 Å². The standard InChI is InChI=1S/F.3Na.4O.Sb/q;3*+1;;3*-1;. The van der Waals surface area contributed by atoms with Crippen LogP contribution in [0.1, 0.15) is 0 Å². The molecule has 0 bridgehead atoms. The van der Waals surface area contributed by atoms with Crippen molar-refractivity contribution >= 4 is 20.1 Å². The molecule has 39 valence electrons. The summed E-state index contributed by atoms with van der Waals surface area (Å²) >= 11 is -6.10. The number of halogens is 1. The quantitative estimate of drug-likeness (QED) is 0.410. The van der Waals surface area contributed by atoms with E-state index in [2.05, 4.69) is 0 Å². The van der Waals surface area contributed by atoms with Gasteiger partial charge < -0.3 is 0 Å². The molecule has 9 heteroatoms. The summed E-state index contributed by atoms with van der Waals surface area (Å²) in [7, 11) is 0. The molecule has 0 saturated heterocycles. The summed E-state index contributed by atoms with van der Waals surface area (Å²) in [5, 5.41) is 0. The summed E-state index contributed by atoms with van der Waals surface area (Å²) in [6.07, 6.45) is 0. The van der Waals surface area contributed by atoms with E-state index in [4.69, 9.17) is 13.2 Å². The van der Waals surface area contributed by atoms with Gasteiger partial charge >= 0.3 is 122 Å². The van der Waals surface area contributed by atoms with Crippen molar-refractivity contribution in [2.24, 2.45) is 0 Å². The molecule has 4 nitrogen and oxygen atoms in total. The van der Waals surface area contributed by atoms with Crippen molar-refractivity contribution in [3.63, 3.8) is 0 Å². The summed E-state index contributed by atoms with van der Waals surface area (Å²) in [5.41, 5.74) is 0. The maximum atomic E-state index is 8.64. The average molecular weight is 274 g/mol. The summed E-state index contributed by atoms with van der Waals surface area (Å²) in [6, 6.07) is 0. The number of hydrogen-bond acceptors (Lipinski definition) is 4. The Balaban J connectivity index is -0.0000000133. The van der Waals surface area contributed by atoms with Gasteiger partial charge in [-0.15, -0.1) is 0 Å². The first-order chi connectivity index (χ1) is 2.00. The van der Waals surface area contributed by atoms with Crippen molar-refractivity contribution in [2.45, 2.75) is 0 Å². The topological polar surface area (TPSA) is 86.2 Å². The molecule has 0 unspecified atom stereocenters. The van der Waals surface area contributed by atoms with Crippen molar-refractivity contribution < 1.29 is 107 Å². The van der Waals surface area contributed by atoms with Crippen LogP contribution in [0.5, 0.6) is 0 Å². The summed E-state index contributed by atoms with van der Waals surface area (Å²) < 4.78 is 34.6. The number of hydrogen-bond donors (Lipinski definition) is 0. The molecular weight excluding hydrogens is 274 g/mol. The van der Waals surface area contributed by atoms with Crippen LogP contribution in [-0.2, 0) is 3.02 Å². The maximum absolute atomic E-state index is 8.64. The first-order valence-electron chi connectivity index (χ1n) is 0.730. The van der Waals surface area contributed by atoms with Gasteiger partial charge in [-0.05, 0) is 0 Å². The molecule has 1 radical (unpaired) electrons. The van der Waals surface area contributed by atoms with Gasteiger partial charge in [0.25, 0.3) is 0 Å². The van der Waals surface area contributed by atoms with Crippen LogP contribution < -0.4 is 98.8 Å². The van der Waals surface area contributed by atoms with Gasteiger partial charge in [-0.25, -0.2) is 0 Å². The molecule has 0 aromatic heterocycles. The molecule has 0 aromatic carbocycles. The monoisotopic (exact) mass is 273 g/mol. The molecular formula is FNa3O4Sb. The van der Waals surface area contributed by atoms with Crippen LogP contribution in [0.25, 0.3) is 0 Å². The van der Waals surface area contributed by atoms with Crippen molar-refractivity contribution in [3.8, 4) is 0 Å². The molecule has 0 aromatic rings. The van der Waals surface area contributed by atoms with Crippen molar-refractivity contribution in [1.82, 2.24) is 0 Å². The minimum atomic E-state index is -6.10. The first kappa shape index (κ1) is 29.4. The van der Waals surface area contributed by atoms with E-state index < -0.39 is 20.1 Å². The zero-order chi connectivity index (χ0) is 4.50. The summed E-state index contributed by atoms with van der Waals surface area (Å²) in [6.45, 7) is 0. The van der Waals surface area contributed by atoms with Gasteiger partial charge in [-0.3, -0.25) is 0 Å². The van der Waals surface area contributed by atoms with E-state index in [0.29, 0.717) is 0 Å². The van der Waals surface area contributed by atoms with Gasteiger partial charge in [0.2, 0.25) is 0 Å². The molecule has 0 amide bonds. The van der Waals surface area contributed by atoms with Crippen LogP contribution >= 0.6 is 0 Å². The summed E-state index contributed by atoms with van der Waals surface area (Å²) in [4.78, 5) is 0. The molecule has 0 heterocycles. The second-order valence-corrected chi connectivity index (χ2v) is 3.00. The minimum absolute atomic E-state index is 0. The van der Waals surface area contributed by atoms with E-state index in [1.165, 1.54) is 0 Å². The van der Waals surface area contributed by atoms with E-state index >= 15 is 0 Å². The molecule has 0 N–H and O–H groups in total. The SMILES string of the molecule is [F].[Na+].[Na+].[Na+].[O]=[Sb]([O-])([O-])[O-]. The van der Waals surface area contributed by atoms with E-state index in [9.17, 15) is 0 Å². The van der Waals surface area contributed by atoms with Crippen molar-refractivity contribution in [3.05, 3.63) is 0 Å². The Kier molecular flexibility index (Phi) is 45.7. The van der Waals surface area contributed by atoms with Crippen LogP contribution in [0.15, 0.2) is 0 Å². The molecule has 0 atom stereocenters. The van der Waals surface area contributed by atoms with E-state index in [1.807, 2.05) is 0 Å². The normalized spacial score (nSPS) is 6.56.